The molecule has 1 saturated heterocycles. The fourth-order valence-corrected chi connectivity index (χ4v) is 5.05. The summed E-state index contributed by atoms with van der Waals surface area (Å²) in [5, 5.41) is 0.709. The quantitative estimate of drug-likeness (QED) is 0.518. The van der Waals surface area contributed by atoms with E-state index in [1.165, 1.54) is 26.1 Å². The number of likely N-dealkylation sites (N-methyl/N-ethyl adjacent to an activating group) is 3. The maximum atomic E-state index is 12.5. The van der Waals surface area contributed by atoms with Crippen LogP contribution in [0.1, 0.15) is 37.7 Å². The second-order valence-corrected chi connectivity index (χ2v) is 8.44. The Morgan fingerprint density at radius 2 is 1.52 bits per heavy atom. The lowest BCUT2D eigenvalue weighted by atomic mass is 9.68. The van der Waals surface area contributed by atoms with Crippen LogP contribution >= 0.6 is 11.6 Å². The van der Waals surface area contributed by atoms with E-state index in [1.54, 1.807) is 6.08 Å². The fourth-order valence-electron chi connectivity index (χ4n) is 4.88. The number of anilines is 1. The van der Waals surface area contributed by atoms with Gasteiger partial charge in [-0.05, 0) is 48.8 Å². The van der Waals surface area contributed by atoms with Gasteiger partial charge in [0, 0.05) is 43.0 Å². The Labute approximate surface area is 175 Å². The van der Waals surface area contributed by atoms with E-state index < -0.39 is 17.8 Å². The fraction of sp³-hybridized carbons (Fsp3) is 0.409. The van der Waals surface area contributed by atoms with E-state index in [1.807, 2.05) is 31.3 Å². The molecule has 0 radical (unpaired) electrons. The second kappa shape index (κ2) is 7.02. The number of amides is 4. The first kappa shape index (κ1) is 19.7. The number of carbonyl (C=O) groups excluding carboxylic acids is 3. The van der Waals surface area contributed by atoms with Gasteiger partial charge in [0.05, 0.1) is 0 Å². The van der Waals surface area contributed by atoms with E-state index in [4.69, 9.17) is 11.6 Å². The van der Waals surface area contributed by atoms with E-state index in [-0.39, 0.29) is 11.0 Å². The van der Waals surface area contributed by atoms with E-state index in [9.17, 15) is 14.4 Å². The summed E-state index contributed by atoms with van der Waals surface area (Å²) in [5.74, 6) is -1.15. The molecule has 4 rings (SSSR count). The molecule has 1 spiro atoms. The number of imide groups is 2. The first-order chi connectivity index (χ1) is 13.8. The van der Waals surface area contributed by atoms with Crippen molar-refractivity contribution in [2.75, 3.05) is 26.0 Å². The number of nitrogens with zero attached hydrogens (tertiary/aromatic N) is 3. The summed E-state index contributed by atoms with van der Waals surface area (Å²) < 4.78 is 0. The zero-order valence-corrected chi connectivity index (χ0v) is 17.6. The van der Waals surface area contributed by atoms with Crippen LogP contribution in [0.3, 0.4) is 0 Å². The van der Waals surface area contributed by atoms with Crippen LogP contribution in [-0.4, -0.2) is 48.8 Å². The number of fused-ring (bicyclic) bond motifs is 2. The van der Waals surface area contributed by atoms with Crippen molar-refractivity contribution in [1.82, 2.24) is 9.80 Å². The Kier molecular flexibility index (Phi) is 4.77. The summed E-state index contributed by atoms with van der Waals surface area (Å²) in [6, 6.07) is 5.34. The summed E-state index contributed by atoms with van der Waals surface area (Å²) in [4.78, 5) is 41.1. The minimum Gasteiger partial charge on any atom is -0.347 e. The van der Waals surface area contributed by atoms with Crippen LogP contribution < -0.4 is 4.90 Å². The zero-order chi connectivity index (χ0) is 20.9. The van der Waals surface area contributed by atoms with Gasteiger partial charge in [0.2, 0.25) is 0 Å². The van der Waals surface area contributed by atoms with Gasteiger partial charge in [0.1, 0.15) is 5.57 Å². The number of hydrogen-bond donors (Lipinski definition) is 0. The highest BCUT2D eigenvalue weighted by Crippen LogP contribution is 2.55. The van der Waals surface area contributed by atoms with E-state index in [0.29, 0.717) is 5.02 Å². The molecule has 152 valence electrons. The van der Waals surface area contributed by atoms with Crippen molar-refractivity contribution >= 4 is 35.1 Å². The number of urea groups is 1. The largest absolute Gasteiger partial charge is 0.347 e. The maximum absolute atomic E-state index is 12.5. The van der Waals surface area contributed by atoms with Crippen molar-refractivity contribution in [3.63, 3.8) is 0 Å². The molecular formula is C22H24ClN3O3. The number of barbiturate groups is 1. The van der Waals surface area contributed by atoms with Gasteiger partial charge < -0.3 is 4.90 Å². The lowest BCUT2D eigenvalue weighted by Crippen LogP contribution is -2.53. The maximum Gasteiger partial charge on any atom is 0.333 e. The smallest absolute Gasteiger partial charge is 0.333 e. The average molecular weight is 414 g/mol. The summed E-state index contributed by atoms with van der Waals surface area (Å²) >= 11 is 6.32. The third kappa shape index (κ3) is 2.89. The van der Waals surface area contributed by atoms with Gasteiger partial charge in [0.25, 0.3) is 11.8 Å². The molecule has 1 saturated carbocycles. The molecule has 2 heterocycles. The van der Waals surface area contributed by atoms with Crippen LogP contribution in [-0.2, 0) is 15.0 Å². The van der Waals surface area contributed by atoms with Crippen molar-refractivity contribution in [2.24, 2.45) is 0 Å². The molecule has 0 atom stereocenters. The van der Waals surface area contributed by atoms with E-state index in [0.717, 1.165) is 46.9 Å². The van der Waals surface area contributed by atoms with Gasteiger partial charge in [-0.2, -0.15) is 0 Å². The average Bonchev–Trinajstić information content (AvgIpc) is 2.93. The Morgan fingerprint density at radius 1 is 0.897 bits per heavy atom. The molecule has 0 unspecified atom stereocenters. The normalized spacial score (nSPS) is 22.8. The molecule has 1 aromatic carbocycles. The predicted octanol–water partition coefficient (Wildman–Crippen LogP) is 3.85. The predicted molar refractivity (Wildman–Crippen MR) is 112 cm³/mol. The molecule has 6 nitrogen and oxygen atoms in total. The van der Waals surface area contributed by atoms with Crippen LogP contribution in [0.15, 0.2) is 41.6 Å². The summed E-state index contributed by atoms with van der Waals surface area (Å²) in [7, 11) is 4.78. The molecule has 2 fully saturated rings. The van der Waals surface area contributed by atoms with Crippen LogP contribution in [0, 0.1) is 0 Å². The first-order valence-electron chi connectivity index (χ1n) is 9.84. The van der Waals surface area contributed by atoms with Gasteiger partial charge in [-0.15, -0.1) is 0 Å². The van der Waals surface area contributed by atoms with Crippen LogP contribution in [0.2, 0.25) is 5.02 Å². The van der Waals surface area contributed by atoms with Crippen molar-refractivity contribution in [3.8, 4) is 0 Å². The molecule has 29 heavy (non-hydrogen) atoms. The lowest BCUT2D eigenvalue weighted by molar-refractivity contribution is -0.134. The molecule has 7 heteroatoms. The minimum atomic E-state index is -0.617. The summed E-state index contributed by atoms with van der Waals surface area (Å²) in [6.45, 7) is 0. The molecule has 1 aromatic rings. The molecule has 4 amide bonds. The third-order valence-electron chi connectivity index (χ3n) is 6.45. The molecule has 2 aliphatic heterocycles. The zero-order valence-electron chi connectivity index (χ0n) is 16.9. The monoisotopic (exact) mass is 413 g/mol. The highest BCUT2D eigenvalue weighted by molar-refractivity contribution is 6.30. The van der Waals surface area contributed by atoms with Crippen molar-refractivity contribution in [2.45, 2.75) is 37.5 Å². The molecule has 1 aliphatic carbocycles. The van der Waals surface area contributed by atoms with E-state index >= 15 is 0 Å². The van der Waals surface area contributed by atoms with Gasteiger partial charge in [0.15, 0.2) is 0 Å². The number of allylic oxidation sites excluding steroid dienone is 3. The van der Waals surface area contributed by atoms with Crippen LogP contribution in [0.5, 0.6) is 0 Å². The van der Waals surface area contributed by atoms with E-state index in [2.05, 4.69) is 4.90 Å². The Morgan fingerprint density at radius 3 is 2.14 bits per heavy atom. The molecule has 3 aliphatic rings. The molecule has 0 aromatic heterocycles. The van der Waals surface area contributed by atoms with Crippen LogP contribution in [0.25, 0.3) is 0 Å². The summed E-state index contributed by atoms with van der Waals surface area (Å²) in [6.07, 6.45) is 8.88. The highest BCUT2D eigenvalue weighted by atomic mass is 35.5. The van der Waals surface area contributed by atoms with Crippen molar-refractivity contribution in [3.05, 3.63) is 52.2 Å². The number of carbonyl (C=O) groups is 3. The topological polar surface area (TPSA) is 60.9 Å². The molecule has 0 N–H and O–H groups in total. The van der Waals surface area contributed by atoms with Gasteiger partial charge in [-0.1, -0.05) is 30.9 Å². The second-order valence-electron chi connectivity index (χ2n) is 8.01. The number of benzene rings is 1. The Hall–Kier alpha value is -2.60. The molecular weight excluding hydrogens is 390 g/mol. The van der Waals surface area contributed by atoms with Gasteiger partial charge in [-0.3, -0.25) is 19.4 Å². The van der Waals surface area contributed by atoms with Gasteiger partial charge in [-0.25, -0.2) is 4.79 Å². The SMILES string of the molecule is CN1C(=O)C(=C/C=C2/N(C)c3ccc(Cl)cc3C23CCCCC3)C(=O)N(C)C1=O. The Balaban J connectivity index is 1.82. The minimum absolute atomic E-state index is 0.00421. The van der Waals surface area contributed by atoms with Crippen molar-refractivity contribution < 1.29 is 14.4 Å². The van der Waals surface area contributed by atoms with Crippen LogP contribution in [0.4, 0.5) is 10.5 Å². The number of rotatable bonds is 1. The first-order valence-corrected chi connectivity index (χ1v) is 10.2. The number of halogens is 1. The number of hydrogen-bond acceptors (Lipinski definition) is 4. The Bertz CT molecular complexity index is 950. The highest BCUT2D eigenvalue weighted by Gasteiger charge is 2.46. The summed E-state index contributed by atoms with van der Waals surface area (Å²) in [5.41, 5.74) is 3.20. The lowest BCUT2D eigenvalue weighted by Gasteiger charge is -2.36. The third-order valence-corrected chi connectivity index (χ3v) is 6.68. The van der Waals surface area contributed by atoms with Gasteiger partial charge >= 0.3 is 6.03 Å². The standard InChI is InChI=1S/C22H24ClN3O3/c1-24-17-9-7-14(23)13-16(17)22(11-5-4-6-12-22)18(24)10-8-15-19(27)25(2)21(29)26(3)20(15)28/h7-10,13H,4-6,11-12H2,1-3H3/b18-10+. The molecule has 0 bridgehead atoms. The van der Waals surface area contributed by atoms with Crippen molar-refractivity contribution in [1.29, 1.82) is 0 Å².